The number of ether oxygens (including phenoxy) is 1. The van der Waals surface area contributed by atoms with E-state index in [4.69, 9.17) is 4.74 Å². The molecule has 0 amide bonds. The summed E-state index contributed by atoms with van der Waals surface area (Å²) in [5.74, 6) is 0.843. The Morgan fingerprint density at radius 1 is 1.09 bits per heavy atom. The van der Waals surface area contributed by atoms with Crippen LogP contribution in [0, 0.1) is 6.92 Å². The molecule has 0 aliphatic heterocycles. The van der Waals surface area contributed by atoms with E-state index in [0.29, 0.717) is 0 Å². The van der Waals surface area contributed by atoms with E-state index >= 15 is 0 Å². The van der Waals surface area contributed by atoms with Crippen LogP contribution < -0.4 is 0 Å². The molecule has 0 aliphatic rings. The third-order valence-corrected chi connectivity index (χ3v) is 3.76. The van der Waals surface area contributed by atoms with Gasteiger partial charge in [0.25, 0.3) is 0 Å². The first-order chi connectivity index (χ1) is 10.7. The van der Waals surface area contributed by atoms with Crippen molar-refractivity contribution in [1.82, 2.24) is 19.7 Å². The van der Waals surface area contributed by atoms with Crippen molar-refractivity contribution in [3.05, 3.63) is 60.3 Å². The van der Waals surface area contributed by atoms with Crippen LogP contribution in [-0.2, 0) is 4.74 Å². The van der Waals surface area contributed by atoms with E-state index in [2.05, 4.69) is 39.4 Å². The molecule has 2 heterocycles. The molecule has 0 fully saturated rings. The first-order valence-electron chi connectivity index (χ1n) is 7.14. The number of pyridine rings is 1. The molecule has 5 nitrogen and oxygen atoms in total. The first kappa shape index (κ1) is 14.4. The second-order valence-electron chi connectivity index (χ2n) is 5.24. The van der Waals surface area contributed by atoms with Gasteiger partial charge in [-0.05, 0) is 42.7 Å². The highest BCUT2D eigenvalue weighted by molar-refractivity contribution is 5.65. The molecule has 22 heavy (non-hydrogen) atoms. The fraction of sp³-hybridized carbons (Fsp3) is 0.235. The average molecular weight is 294 g/mol. The summed E-state index contributed by atoms with van der Waals surface area (Å²) in [5, 5.41) is 7.64. The maximum absolute atomic E-state index is 5.39. The molecule has 0 spiro atoms. The van der Waals surface area contributed by atoms with Crippen LogP contribution in [0.15, 0.2) is 49.2 Å². The summed E-state index contributed by atoms with van der Waals surface area (Å²) in [6.07, 6.45) is 5.25. The summed E-state index contributed by atoms with van der Waals surface area (Å²) in [7, 11) is 1.72. The van der Waals surface area contributed by atoms with Crippen LogP contribution in [0.3, 0.4) is 0 Å². The summed E-state index contributed by atoms with van der Waals surface area (Å²) in [4.78, 5) is 4.54. The van der Waals surface area contributed by atoms with E-state index in [0.717, 1.165) is 28.1 Å². The Morgan fingerprint density at radius 3 is 2.55 bits per heavy atom. The molecule has 1 aromatic carbocycles. The lowest BCUT2D eigenvalue weighted by Gasteiger charge is -2.12. The minimum absolute atomic E-state index is 0.0744. The minimum atomic E-state index is 0.0744. The van der Waals surface area contributed by atoms with Crippen LogP contribution in [0.4, 0.5) is 0 Å². The second kappa shape index (κ2) is 6.07. The summed E-state index contributed by atoms with van der Waals surface area (Å²) < 4.78 is 7.19. The molecule has 0 saturated carbocycles. The SMILES string of the molecule is CO[C@@H](C)c1cccc(-c2cnc(-n3cnnc3)c(C)c2)c1. The molecule has 112 valence electrons. The Hall–Kier alpha value is -2.53. The van der Waals surface area contributed by atoms with Gasteiger partial charge in [0.1, 0.15) is 18.5 Å². The Bertz CT molecular complexity index is 768. The third kappa shape index (κ3) is 2.76. The van der Waals surface area contributed by atoms with Crippen molar-refractivity contribution in [3.63, 3.8) is 0 Å². The van der Waals surface area contributed by atoms with Crippen molar-refractivity contribution >= 4 is 0 Å². The largest absolute Gasteiger partial charge is 0.377 e. The molecule has 0 unspecified atom stereocenters. The van der Waals surface area contributed by atoms with Gasteiger partial charge in [-0.25, -0.2) is 4.98 Å². The van der Waals surface area contributed by atoms with Crippen LogP contribution in [0.1, 0.15) is 24.2 Å². The molecule has 0 aliphatic carbocycles. The monoisotopic (exact) mass is 294 g/mol. The highest BCUT2D eigenvalue weighted by atomic mass is 16.5. The van der Waals surface area contributed by atoms with Crippen LogP contribution in [0.25, 0.3) is 16.9 Å². The summed E-state index contributed by atoms with van der Waals surface area (Å²) in [6.45, 7) is 4.07. The van der Waals surface area contributed by atoms with E-state index in [-0.39, 0.29) is 6.10 Å². The van der Waals surface area contributed by atoms with Crippen molar-refractivity contribution in [2.24, 2.45) is 0 Å². The predicted octanol–water partition coefficient (Wildman–Crippen LogP) is 3.35. The van der Waals surface area contributed by atoms with Gasteiger partial charge in [0.05, 0.1) is 6.10 Å². The molecule has 5 heteroatoms. The zero-order valence-corrected chi connectivity index (χ0v) is 12.9. The molecule has 3 aromatic rings. The molecule has 0 saturated heterocycles. The molecule has 3 rings (SSSR count). The van der Waals surface area contributed by atoms with Gasteiger partial charge in [-0.2, -0.15) is 0 Å². The molecule has 0 bridgehead atoms. The molecule has 2 aromatic heterocycles. The number of aryl methyl sites for hydroxylation is 1. The number of aromatic nitrogens is 4. The van der Waals surface area contributed by atoms with Gasteiger partial charge in [0.2, 0.25) is 0 Å². The lowest BCUT2D eigenvalue weighted by atomic mass is 10.0. The van der Waals surface area contributed by atoms with Gasteiger partial charge in [-0.15, -0.1) is 10.2 Å². The van der Waals surface area contributed by atoms with Crippen molar-refractivity contribution in [1.29, 1.82) is 0 Å². The van der Waals surface area contributed by atoms with Gasteiger partial charge < -0.3 is 4.74 Å². The molecule has 0 radical (unpaired) electrons. The Kier molecular flexibility index (Phi) is 3.98. The summed E-state index contributed by atoms with van der Waals surface area (Å²) in [6, 6.07) is 10.5. The Balaban J connectivity index is 1.98. The predicted molar refractivity (Wildman–Crippen MR) is 84.8 cm³/mol. The summed E-state index contributed by atoms with van der Waals surface area (Å²) >= 11 is 0. The van der Waals surface area contributed by atoms with Crippen LogP contribution in [0.5, 0.6) is 0 Å². The number of nitrogens with zero attached hydrogens (tertiary/aromatic N) is 4. The van der Waals surface area contributed by atoms with Crippen molar-refractivity contribution in [3.8, 4) is 16.9 Å². The zero-order chi connectivity index (χ0) is 15.5. The molecular formula is C17H18N4O. The van der Waals surface area contributed by atoms with Crippen LogP contribution in [-0.4, -0.2) is 26.9 Å². The summed E-state index contributed by atoms with van der Waals surface area (Å²) in [5.41, 5.74) is 4.44. The minimum Gasteiger partial charge on any atom is -0.377 e. The quantitative estimate of drug-likeness (QED) is 0.740. The van der Waals surface area contributed by atoms with Crippen molar-refractivity contribution < 1.29 is 4.74 Å². The lowest BCUT2D eigenvalue weighted by Crippen LogP contribution is -1.99. The van der Waals surface area contributed by atoms with E-state index < -0.39 is 0 Å². The fourth-order valence-corrected chi connectivity index (χ4v) is 2.41. The van der Waals surface area contributed by atoms with E-state index in [9.17, 15) is 0 Å². The first-order valence-corrected chi connectivity index (χ1v) is 7.14. The van der Waals surface area contributed by atoms with Crippen molar-refractivity contribution in [2.75, 3.05) is 7.11 Å². The molecule has 0 N–H and O–H groups in total. The fourth-order valence-electron chi connectivity index (χ4n) is 2.41. The lowest BCUT2D eigenvalue weighted by molar-refractivity contribution is 0.119. The van der Waals surface area contributed by atoms with E-state index in [1.807, 2.05) is 30.7 Å². The van der Waals surface area contributed by atoms with Gasteiger partial charge in [-0.3, -0.25) is 4.57 Å². The second-order valence-corrected chi connectivity index (χ2v) is 5.24. The maximum Gasteiger partial charge on any atom is 0.142 e. The van der Waals surface area contributed by atoms with E-state index in [1.54, 1.807) is 19.8 Å². The number of hydrogen-bond acceptors (Lipinski definition) is 4. The Labute approximate surface area is 129 Å². The van der Waals surface area contributed by atoms with E-state index in [1.165, 1.54) is 0 Å². The van der Waals surface area contributed by atoms with Gasteiger partial charge >= 0.3 is 0 Å². The standard InChI is InChI=1S/C17H18N4O/c1-12-7-16(9-18-17(12)21-10-19-20-11-21)15-6-4-5-14(8-15)13(2)22-3/h4-11,13H,1-3H3/t13-/m0/s1. The van der Waals surface area contributed by atoms with Crippen LogP contribution >= 0.6 is 0 Å². The average Bonchev–Trinajstić information content (AvgIpc) is 3.08. The van der Waals surface area contributed by atoms with Gasteiger partial charge in [0.15, 0.2) is 0 Å². The normalized spacial score (nSPS) is 12.3. The van der Waals surface area contributed by atoms with Gasteiger partial charge in [0, 0.05) is 18.9 Å². The third-order valence-electron chi connectivity index (χ3n) is 3.76. The highest BCUT2D eigenvalue weighted by Crippen LogP contribution is 2.25. The van der Waals surface area contributed by atoms with Crippen LogP contribution in [0.2, 0.25) is 0 Å². The number of hydrogen-bond donors (Lipinski definition) is 0. The smallest absolute Gasteiger partial charge is 0.142 e. The topological polar surface area (TPSA) is 52.8 Å². The Morgan fingerprint density at radius 2 is 1.86 bits per heavy atom. The zero-order valence-electron chi connectivity index (χ0n) is 12.9. The molecular weight excluding hydrogens is 276 g/mol. The molecule has 1 atom stereocenters. The number of methoxy groups -OCH3 is 1. The van der Waals surface area contributed by atoms with Gasteiger partial charge in [-0.1, -0.05) is 18.2 Å². The number of benzene rings is 1. The number of rotatable bonds is 4. The maximum atomic E-state index is 5.39. The highest BCUT2D eigenvalue weighted by Gasteiger charge is 2.08. The van der Waals surface area contributed by atoms with Crippen molar-refractivity contribution in [2.45, 2.75) is 20.0 Å².